The third-order valence-corrected chi connectivity index (χ3v) is 4.00. The molecule has 0 fully saturated rings. The quantitative estimate of drug-likeness (QED) is 0.841. The molecule has 0 saturated heterocycles. The summed E-state index contributed by atoms with van der Waals surface area (Å²) in [4.78, 5) is 4.41. The molecule has 7 heteroatoms. The molecule has 2 aromatic heterocycles. The molecule has 0 bridgehead atoms. The van der Waals surface area contributed by atoms with E-state index >= 15 is 0 Å². The number of nitrogens with one attached hydrogen (secondary N) is 1. The Kier molecular flexibility index (Phi) is 4.72. The fourth-order valence-electron chi connectivity index (χ4n) is 2.00. The van der Waals surface area contributed by atoms with Gasteiger partial charge in [0.05, 0.1) is 23.6 Å². The smallest absolute Gasteiger partial charge is 0.396 e. The highest BCUT2D eigenvalue weighted by Gasteiger charge is 2.33. The van der Waals surface area contributed by atoms with Crippen molar-refractivity contribution in [2.75, 3.05) is 11.1 Å². The molecule has 0 radical (unpaired) electrons. The molecule has 0 aliphatic carbocycles. The van der Waals surface area contributed by atoms with Gasteiger partial charge in [0.1, 0.15) is 5.69 Å². The Bertz CT molecular complexity index is 582. The van der Waals surface area contributed by atoms with Crippen molar-refractivity contribution in [3.8, 4) is 0 Å². The second-order valence-electron chi connectivity index (χ2n) is 4.66. The van der Waals surface area contributed by atoms with E-state index in [2.05, 4.69) is 10.3 Å². The van der Waals surface area contributed by atoms with Gasteiger partial charge in [0.2, 0.25) is 0 Å². The van der Waals surface area contributed by atoms with Gasteiger partial charge in [-0.05, 0) is 23.9 Å². The van der Waals surface area contributed by atoms with Gasteiger partial charge in [0, 0.05) is 4.88 Å². The van der Waals surface area contributed by atoms with E-state index in [0.717, 1.165) is 30.0 Å². The summed E-state index contributed by atoms with van der Waals surface area (Å²) in [6.07, 6.45) is -1.72. The second kappa shape index (κ2) is 6.34. The van der Waals surface area contributed by atoms with E-state index in [1.54, 1.807) is 11.3 Å². The number of hydrogen-bond donors (Lipinski definition) is 2. The monoisotopic (exact) mass is 315 g/mol. The van der Waals surface area contributed by atoms with Crippen LogP contribution in [0.4, 0.5) is 24.5 Å². The van der Waals surface area contributed by atoms with E-state index in [9.17, 15) is 13.2 Å². The average molecular weight is 315 g/mol. The van der Waals surface area contributed by atoms with E-state index in [0.29, 0.717) is 0 Å². The number of pyridine rings is 1. The molecule has 2 heterocycles. The first-order chi connectivity index (χ1) is 9.91. The first-order valence-corrected chi connectivity index (χ1v) is 7.42. The van der Waals surface area contributed by atoms with Crippen LogP contribution in [0.15, 0.2) is 29.8 Å². The fraction of sp³-hybridized carbons (Fsp3) is 0.357. The predicted octanol–water partition coefficient (Wildman–Crippen LogP) is 4.70. The molecular formula is C14H16F3N3S. The fourth-order valence-corrected chi connectivity index (χ4v) is 2.81. The number of thiophene rings is 1. The molecule has 1 unspecified atom stereocenters. The summed E-state index contributed by atoms with van der Waals surface area (Å²) in [5.74, 6) is 0. The minimum atomic E-state index is -4.48. The lowest BCUT2D eigenvalue weighted by atomic mass is 10.1. The molecule has 1 atom stereocenters. The van der Waals surface area contributed by atoms with Crippen molar-refractivity contribution in [1.82, 2.24) is 4.98 Å². The zero-order valence-electron chi connectivity index (χ0n) is 11.4. The third-order valence-electron chi connectivity index (χ3n) is 3.02. The topological polar surface area (TPSA) is 50.9 Å². The van der Waals surface area contributed by atoms with Crippen molar-refractivity contribution in [2.45, 2.75) is 32.0 Å². The Hall–Kier alpha value is -1.76. The van der Waals surface area contributed by atoms with Gasteiger partial charge in [0.15, 0.2) is 0 Å². The van der Waals surface area contributed by atoms with E-state index < -0.39 is 11.9 Å². The molecule has 21 heavy (non-hydrogen) atoms. The van der Waals surface area contributed by atoms with Crippen LogP contribution < -0.4 is 11.1 Å². The van der Waals surface area contributed by atoms with Crippen molar-refractivity contribution < 1.29 is 13.2 Å². The van der Waals surface area contributed by atoms with Crippen molar-refractivity contribution in [3.63, 3.8) is 0 Å². The maximum Gasteiger partial charge on any atom is 0.433 e. The Labute approximate surface area is 125 Å². The first kappa shape index (κ1) is 15.6. The Morgan fingerprint density at radius 3 is 2.76 bits per heavy atom. The summed E-state index contributed by atoms with van der Waals surface area (Å²) in [6.45, 7) is 2.03. The van der Waals surface area contributed by atoms with E-state index in [1.165, 1.54) is 0 Å². The summed E-state index contributed by atoms with van der Waals surface area (Å²) >= 11 is 1.56. The van der Waals surface area contributed by atoms with Gasteiger partial charge in [-0.15, -0.1) is 11.3 Å². The van der Waals surface area contributed by atoms with Gasteiger partial charge in [0.25, 0.3) is 0 Å². The minimum absolute atomic E-state index is 0.0548. The number of nitrogens with two attached hydrogens (primary N) is 1. The SMILES string of the molecule is CCCC(Nc1cc(C(F)(F)F)ncc1N)c1cccs1. The zero-order chi connectivity index (χ0) is 15.5. The molecular weight excluding hydrogens is 299 g/mol. The number of alkyl halides is 3. The first-order valence-electron chi connectivity index (χ1n) is 6.54. The van der Waals surface area contributed by atoms with E-state index in [4.69, 9.17) is 5.73 Å². The van der Waals surface area contributed by atoms with E-state index in [-0.39, 0.29) is 17.4 Å². The summed E-state index contributed by atoms with van der Waals surface area (Å²) in [6, 6.07) is 4.79. The van der Waals surface area contributed by atoms with Crippen LogP contribution >= 0.6 is 11.3 Å². The highest BCUT2D eigenvalue weighted by Crippen LogP contribution is 2.34. The Morgan fingerprint density at radius 1 is 1.43 bits per heavy atom. The van der Waals surface area contributed by atoms with Crippen molar-refractivity contribution in [1.29, 1.82) is 0 Å². The average Bonchev–Trinajstić information content (AvgIpc) is 2.93. The maximum absolute atomic E-state index is 12.7. The number of nitrogen functional groups attached to an aromatic ring is 1. The normalized spacial score (nSPS) is 13.1. The van der Waals surface area contributed by atoms with Crippen LogP contribution in [-0.2, 0) is 6.18 Å². The van der Waals surface area contributed by atoms with Gasteiger partial charge in [-0.3, -0.25) is 0 Å². The van der Waals surface area contributed by atoms with Crippen LogP contribution in [0.5, 0.6) is 0 Å². The van der Waals surface area contributed by atoms with Crippen LogP contribution in [0.2, 0.25) is 0 Å². The van der Waals surface area contributed by atoms with Crippen LogP contribution in [0.1, 0.15) is 36.4 Å². The number of nitrogens with zero attached hydrogens (tertiary/aromatic N) is 1. The summed E-state index contributed by atoms with van der Waals surface area (Å²) < 4.78 is 38.2. The van der Waals surface area contributed by atoms with Crippen molar-refractivity contribution in [3.05, 3.63) is 40.3 Å². The molecule has 3 N–H and O–H groups in total. The lowest BCUT2D eigenvalue weighted by Crippen LogP contribution is -2.14. The van der Waals surface area contributed by atoms with Crippen molar-refractivity contribution >= 4 is 22.7 Å². The summed E-state index contributed by atoms with van der Waals surface area (Å²) in [5, 5.41) is 5.05. The van der Waals surface area contributed by atoms with Crippen LogP contribution in [0, 0.1) is 0 Å². The lowest BCUT2D eigenvalue weighted by Gasteiger charge is -2.20. The number of halogens is 3. The second-order valence-corrected chi connectivity index (χ2v) is 5.63. The molecule has 0 aliphatic heterocycles. The highest BCUT2D eigenvalue weighted by molar-refractivity contribution is 7.10. The molecule has 2 aromatic rings. The molecule has 3 nitrogen and oxygen atoms in total. The number of rotatable bonds is 5. The minimum Gasteiger partial charge on any atom is -0.396 e. The maximum atomic E-state index is 12.7. The standard InChI is InChI=1S/C14H16F3N3S/c1-2-4-10(12-5-3-6-21-12)20-11-7-13(14(15,16)17)19-8-9(11)18/h3,5-8,10H,2,4,18H2,1H3,(H,19,20). The molecule has 0 spiro atoms. The molecule has 114 valence electrons. The van der Waals surface area contributed by atoms with Gasteiger partial charge in [-0.1, -0.05) is 19.4 Å². The van der Waals surface area contributed by atoms with Gasteiger partial charge in [-0.2, -0.15) is 13.2 Å². The van der Waals surface area contributed by atoms with E-state index in [1.807, 2.05) is 24.4 Å². The Balaban J connectivity index is 2.28. The predicted molar refractivity (Wildman–Crippen MR) is 79.2 cm³/mol. The molecule has 2 rings (SSSR count). The molecule has 0 saturated carbocycles. The number of hydrogen-bond acceptors (Lipinski definition) is 4. The van der Waals surface area contributed by atoms with Crippen LogP contribution in [0.3, 0.4) is 0 Å². The van der Waals surface area contributed by atoms with Gasteiger partial charge >= 0.3 is 6.18 Å². The van der Waals surface area contributed by atoms with Gasteiger partial charge in [-0.25, -0.2) is 4.98 Å². The highest BCUT2D eigenvalue weighted by atomic mass is 32.1. The van der Waals surface area contributed by atoms with Crippen LogP contribution in [0.25, 0.3) is 0 Å². The molecule has 0 aliphatic rings. The summed E-state index contributed by atoms with van der Waals surface area (Å²) in [7, 11) is 0. The summed E-state index contributed by atoms with van der Waals surface area (Å²) in [5.41, 5.74) is 5.27. The third kappa shape index (κ3) is 3.87. The van der Waals surface area contributed by atoms with Crippen molar-refractivity contribution in [2.24, 2.45) is 0 Å². The lowest BCUT2D eigenvalue weighted by molar-refractivity contribution is -0.141. The van der Waals surface area contributed by atoms with Gasteiger partial charge < -0.3 is 11.1 Å². The molecule has 0 amide bonds. The number of aromatic nitrogens is 1. The zero-order valence-corrected chi connectivity index (χ0v) is 12.3. The molecule has 0 aromatic carbocycles. The van der Waals surface area contributed by atoms with Crippen LogP contribution in [-0.4, -0.2) is 4.98 Å². The number of anilines is 2. The Morgan fingerprint density at radius 2 is 2.19 bits per heavy atom. The largest absolute Gasteiger partial charge is 0.433 e.